The zero-order valence-electron chi connectivity index (χ0n) is 27.8. The molecule has 1 aliphatic rings. The number of alkyl halides is 2. The summed E-state index contributed by atoms with van der Waals surface area (Å²) in [5.74, 6) is -0.892. The van der Waals surface area contributed by atoms with Crippen molar-refractivity contribution in [2.45, 2.75) is 53.1 Å². The molecule has 1 atom stereocenters. The van der Waals surface area contributed by atoms with Gasteiger partial charge in [0.2, 0.25) is 11.3 Å². The zero-order valence-corrected chi connectivity index (χ0v) is 28.6. The van der Waals surface area contributed by atoms with Gasteiger partial charge >= 0.3 is 0 Å². The number of aromatic nitrogens is 5. The molecule has 1 fully saturated rings. The van der Waals surface area contributed by atoms with Gasteiger partial charge in [0.1, 0.15) is 24.4 Å². The Kier molecular flexibility index (Phi) is 10.1. The number of nitrogens with zero attached hydrogens (tertiary/aromatic N) is 8. The topological polar surface area (TPSA) is 150 Å². The Morgan fingerprint density at radius 3 is 2.57 bits per heavy atom. The fourth-order valence-electron chi connectivity index (χ4n) is 5.94. The molecule has 1 aromatic carbocycles. The van der Waals surface area contributed by atoms with Crippen LogP contribution in [0, 0.1) is 6.92 Å². The molecule has 0 radical (unpaired) electrons. The highest BCUT2D eigenvalue weighted by Crippen LogP contribution is 2.33. The normalized spacial score (nSPS) is 15.7. The van der Waals surface area contributed by atoms with Crippen molar-refractivity contribution >= 4 is 51.8 Å². The van der Waals surface area contributed by atoms with Gasteiger partial charge in [0.15, 0.2) is 22.6 Å². The van der Waals surface area contributed by atoms with Gasteiger partial charge in [-0.2, -0.15) is 0 Å². The van der Waals surface area contributed by atoms with E-state index in [1.807, 2.05) is 24.8 Å². The van der Waals surface area contributed by atoms with Crippen LogP contribution in [0.1, 0.15) is 54.6 Å². The number of pyridine rings is 1. The summed E-state index contributed by atoms with van der Waals surface area (Å²) in [4.78, 5) is 63.8. The minimum Gasteiger partial charge on any atom is -0.504 e. The summed E-state index contributed by atoms with van der Waals surface area (Å²) in [6, 6.07) is 3.04. The van der Waals surface area contributed by atoms with Crippen LogP contribution in [0.15, 0.2) is 47.3 Å². The Labute approximate surface area is 285 Å². The highest BCUT2D eigenvalue weighted by molar-refractivity contribution is 6.33. The lowest BCUT2D eigenvalue weighted by Crippen LogP contribution is -2.54. The summed E-state index contributed by atoms with van der Waals surface area (Å²) in [6.45, 7) is 7.11. The monoisotopic (exact) mass is 695 g/mol. The predicted molar refractivity (Wildman–Crippen MR) is 183 cm³/mol. The maximum absolute atomic E-state index is 14.4. The van der Waals surface area contributed by atoms with Crippen LogP contribution < -0.4 is 20.5 Å². The molecule has 49 heavy (non-hydrogen) atoms. The van der Waals surface area contributed by atoms with Gasteiger partial charge in [-0.3, -0.25) is 14.4 Å². The van der Waals surface area contributed by atoms with E-state index in [0.717, 1.165) is 6.07 Å². The number of carbonyl (C=O) groups is 2. The molecule has 0 aliphatic carbocycles. The molecule has 13 nitrogen and oxygen atoms in total. The minimum atomic E-state index is -2.72. The summed E-state index contributed by atoms with van der Waals surface area (Å²) in [5, 5.41) is 13.2. The zero-order chi connectivity index (χ0) is 35.7. The molecule has 0 spiro atoms. The summed E-state index contributed by atoms with van der Waals surface area (Å²) >= 11 is 6.22. The van der Waals surface area contributed by atoms with Gasteiger partial charge in [-0.25, -0.2) is 28.7 Å². The van der Waals surface area contributed by atoms with Crippen molar-refractivity contribution in [2.75, 3.05) is 42.3 Å². The van der Waals surface area contributed by atoms with E-state index in [1.54, 1.807) is 42.3 Å². The van der Waals surface area contributed by atoms with E-state index in [9.17, 15) is 28.3 Å². The van der Waals surface area contributed by atoms with E-state index in [-0.39, 0.29) is 69.9 Å². The second kappa shape index (κ2) is 14.1. The smallest absolute Gasteiger partial charge is 0.277 e. The average molecular weight is 696 g/mol. The minimum absolute atomic E-state index is 0.0357. The van der Waals surface area contributed by atoms with Gasteiger partial charge in [-0.05, 0) is 39.3 Å². The Morgan fingerprint density at radius 2 is 1.94 bits per heavy atom. The van der Waals surface area contributed by atoms with Crippen molar-refractivity contribution in [3.8, 4) is 5.75 Å². The van der Waals surface area contributed by atoms with Crippen molar-refractivity contribution in [1.29, 1.82) is 0 Å². The number of benzene rings is 1. The number of allylic oxidation sites excluding steroid dienone is 1. The number of hydrogen-bond acceptors (Lipinski definition) is 10. The lowest BCUT2D eigenvalue weighted by atomic mass is 10.0. The van der Waals surface area contributed by atoms with E-state index in [1.165, 1.54) is 24.7 Å². The van der Waals surface area contributed by atoms with Crippen LogP contribution >= 0.6 is 11.6 Å². The average Bonchev–Trinajstić information content (AvgIpc) is 3.07. The first-order valence-electron chi connectivity index (χ1n) is 15.5. The first-order valence-corrected chi connectivity index (χ1v) is 15.9. The number of halogens is 3. The number of carbonyl (C=O) groups excluding carboxylic acids is 2. The predicted octanol–water partition coefficient (Wildman–Crippen LogP) is 4.71. The van der Waals surface area contributed by atoms with Gasteiger partial charge in [0.25, 0.3) is 12.3 Å². The lowest BCUT2D eigenvalue weighted by Gasteiger charge is -2.43. The highest BCUT2D eigenvalue weighted by atomic mass is 35.5. The largest absolute Gasteiger partial charge is 0.504 e. The third-order valence-corrected chi connectivity index (χ3v) is 8.76. The van der Waals surface area contributed by atoms with Crippen molar-refractivity contribution in [2.24, 2.45) is 0 Å². The SMILES string of the molecule is C/C=C1\[C@H](C)N(C(=O)c2ncnc(C)c2O)CCN1c1c(CC)n(CC(=O)Nc2ccc(C(F)F)cc2Cl)c2ncc(N(C)C)nc2c1=O. The van der Waals surface area contributed by atoms with E-state index in [0.29, 0.717) is 23.6 Å². The highest BCUT2D eigenvalue weighted by Gasteiger charge is 2.36. The van der Waals surface area contributed by atoms with E-state index in [4.69, 9.17) is 11.6 Å². The lowest BCUT2D eigenvalue weighted by molar-refractivity contribution is -0.116. The van der Waals surface area contributed by atoms with Crippen molar-refractivity contribution in [3.05, 3.63) is 80.4 Å². The summed E-state index contributed by atoms with van der Waals surface area (Å²) in [6.07, 6.45) is 2.12. The molecule has 2 amide bonds. The molecule has 0 unspecified atom stereocenters. The fraction of sp³-hybridized carbons (Fsp3) is 0.364. The van der Waals surface area contributed by atoms with Crippen LogP contribution in [0.5, 0.6) is 5.75 Å². The molecule has 4 heterocycles. The third-order valence-electron chi connectivity index (χ3n) is 8.45. The second-order valence-electron chi connectivity index (χ2n) is 11.6. The Hall–Kier alpha value is -5.18. The molecule has 2 N–H and O–H groups in total. The maximum Gasteiger partial charge on any atom is 0.277 e. The van der Waals surface area contributed by atoms with Gasteiger partial charge in [-0.1, -0.05) is 30.7 Å². The molecule has 5 rings (SSSR count). The van der Waals surface area contributed by atoms with E-state index < -0.39 is 29.7 Å². The maximum atomic E-state index is 14.4. The summed E-state index contributed by atoms with van der Waals surface area (Å²) in [7, 11) is 3.53. The summed E-state index contributed by atoms with van der Waals surface area (Å²) in [5.41, 5.74) is 1.25. The van der Waals surface area contributed by atoms with Crippen LogP contribution in [0.2, 0.25) is 5.02 Å². The number of rotatable bonds is 8. The van der Waals surface area contributed by atoms with Gasteiger partial charge < -0.3 is 29.7 Å². The molecule has 1 saturated heterocycles. The van der Waals surface area contributed by atoms with Gasteiger partial charge in [0.05, 0.1) is 28.6 Å². The van der Waals surface area contributed by atoms with Gasteiger partial charge in [-0.15, -0.1) is 0 Å². The molecule has 258 valence electrons. The van der Waals surface area contributed by atoms with Gasteiger partial charge in [0, 0.05) is 44.1 Å². The second-order valence-corrected chi connectivity index (χ2v) is 12.1. The summed E-state index contributed by atoms with van der Waals surface area (Å²) < 4.78 is 28.0. The van der Waals surface area contributed by atoms with Crippen molar-refractivity contribution < 1.29 is 23.5 Å². The Bertz CT molecular complexity index is 2040. The van der Waals surface area contributed by atoms with Crippen LogP contribution in [0.4, 0.5) is 26.0 Å². The number of piperazine rings is 1. The Balaban J connectivity index is 1.59. The fourth-order valence-corrected chi connectivity index (χ4v) is 6.17. The number of hydrogen-bond donors (Lipinski definition) is 2. The molecular weight excluding hydrogens is 660 g/mol. The number of anilines is 3. The molecule has 1 aliphatic heterocycles. The molecular formula is C33H36ClF2N9O4. The van der Waals surface area contributed by atoms with E-state index in [2.05, 4.69) is 25.3 Å². The first-order chi connectivity index (χ1) is 23.3. The van der Waals surface area contributed by atoms with Crippen LogP contribution in [-0.2, 0) is 17.8 Å². The third kappa shape index (κ3) is 6.62. The van der Waals surface area contributed by atoms with Crippen LogP contribution in [-0.4, -0.2) is 79.6 Å². The van der Waals surface area contributed by atoms with Crippen LogP contribution in [0.25, 0.3) is 11.2 Å². The van der Waals surface area contributed by atoms with Crippen LogP contribution in [0.3, 0.4) is 0 Å². The molecule has 0 saturated carbocycles. The number of amides is 2. The molecule has 0 bridgehead atoms. The Morgan fingerprint density at radius 1 is 1.20 bits per heavy atom. The number of aryl methyl sites for hydroxylation is 1. The number of nitrogens with one attached hydrogen (secondary N) is 1. The molecule has 16 heteroatoms. The van der Waals surface area contributed by atoms with Crippen molar-refractivity contribution in [3.63, 3.8) is 0 Å². The number of aromatic hydroxyl groups is 1. The quantitative estimate of drug-likeness (QED) is 0.265. The van der Waals surface area contributed by atoms with E-state index >= 15 is 0 Å². The first kappa shape index (κ1) is 35.1. The molecule has 3 aromatic heterocycles. The molecule has 4 aromatic rings. The van der Waals surface area contributed by atoms with Crippen molar-refractivity contribution in [1.82, 2.24) is 29.4 Å². The number of fused-ring (bicyclic) bond motifs is 1. The standard InChI is InChI=1S/C33H36ClF2N9O4/c1-7-22-18(4)43(33(49)27-29(47)17(3)38-16-39-27)11-12-44(22)28-23(8-2)45(32-26(30(28)48)41-24(14-37-32)42(5)6)15-25(46)40-21-10-9-19(31(35)36)13-20(21)34/h7,9-10,13-14,16,18,31,47H,8,11-12,15H2,1-6H3,(H,40,46)/b22-7+/t18-/m0/s1.